The molecule has 3 N–H and O–H groups in total. The number of benzene rings is 1. The number of nitrogens with zero attached hydrogens (tertiary/aromatic N) is 4. The molecule has 1 amide bonds. The number of likely N-dealkylation sites (tertiary alicyclic amines) is 1. The SMILES string of the molecule is O=C(Nc1cnn(CCCN2CCCC(O)C2)c1)c1n[nH]c2ccccc12. The second kappa shape index (κ2) is 7.89. The van der Waals surface area contributed by atoms with Crippen LogP contribution in [0.25, 0.3) is 10.9 Å². The maximum atomic E-state index is 12.5. The monoisotopic (exact) mass is 368 g/mol. The molecule has 142 valence electrons. The van der Waals surface area contributed by atoms with E-state index in [2.05, 4.69) is 25.5 Å². The van der Waals surface area contributed by atoms with Crippen molar-refractivity contribution in [3.8, 4) is 0 Å². The molecule has 1 unspecified atom stereocenters. The van der Waals surface area contributed by atoms with Crippen molar-refractivity contribution in [3.05, 3.63) is 42.4 Å². The minimum Gasteiger partial charge on any atom is -0.392 e. The summed E-state index contributed by atoms with van der Waals surface area (Å²) < 4.78 is 1.83. The van der Waals surface area contributed by atoms with E-state index in [1.807, 2.05) is 35.1 Å². The van der Waals surface area contributed by atoms with Gasteiger partial charge in [0.1, 0.15) is 0 Å². The quantitative estimate of drug-likeness (QED) is 0.617. The third kappa shape index (κ3) is 4.17. The average molecular weight is 368 g/mol. The number of carbonyl (C=O) groups is 1. The van der Waals surface area contributed by atoms with Gasteiger partial charge in [-0.2, -0.15) is 10.2 Å². The van der Waals surface area contributed by atoms with Crippen molar-refractivity contribution in [2.75, 3.05) is 25.0 Å². The first-order valence-electron chi connectivity index (χ1n) is 9.36. The van der Waals surface area contributed by atoms with Crippen molar-refractivity contribution in [3.63, 3.8) is 0 Å². The minimum absolute atomic E-state index is 0.191. The number of anilines is 1. The fraction of sp³-hybridized carbons (Fsp3) is 0.421. The zero-order valence-corrected chi connectivity index (χ0v) is 15.1. The van der Waals surface area contributed by atoms with Crippen LogP contribution < -0.4 is 5.32 Å². The molecule has 1 aromatic carbocycles. The number of β-amino-alcohol motifs (C(OH)–C–C–N with tert-alkyl or cyclic N) is 1. The number of piperidine rings is 1. The molecule has 8 heteroatoms. The van der Waals surface area contributed by atoms with E-state index in [9.17, 15) is 9.90 Å². The standard InChI is InChI=1S/C19H24N6O2/c26-15-5-3-8-24(13-15)9-4-10-25-12-14(11-20-25)21-19(27)18-16-6-1-2-7-17(16)22-23-18/h1-2,6-7,11-12,15,26H,3-5,8-10,13H2,(H,21,27)(H,22,23). The van der Waals surface area contributed by atoms with Gasteiger partial charge in [0.05, 0.1) is 23.5 Å². The first-order chi connectivity index (χ1) is 13.2. The molecule has 1 atom stereocenters. The van der Waals surface area contributed by atoms with E-state index in [4.69, 9.17) is 0 Å². The van der Waals surface area contributed by atoms with E-state index in [-0.39, 0.29) is 12.0 Å². The topological polar surface area (TPSA) is 99.1 Å². The van der Waals surface area contributed by atoms with Crippen molar-refractivity contribution in [1.82, 2.24) is 24.9 Å². The molecule has 1 saturated heterocycles. The zero-order valence-electron chi connectivity index (χ0n) is 15.1. The van der Waals surface area contributed by atoms with Crippen molar-refractivity contribution >= 4 is 22.5 Å². The molecule has 1 fully saturated rings. The van der Waals surface area contributed by atoms with Gasteiger partial charge in [-0.05, 0) is 38.4 Å². The fourth-order valence-corrected chi connectivity index (χ4v) is 3.57. The zero-order chi connectivity index (χ0) is 18.6. The van der Waals surface area contributed by atoms with Crippen molar-refractivity contribution in [1.29, 1.82) is 0 Å². The summed E-state index contributed by atoms with van der Waals surface area (Å²) in [5, 5.41) is 24.7. The third-order valence-corrected chi connectivity index (χ3v) is 4.92. The van der Waals surface area contributed by atoms with E-state index in [0.717, 1.165) is 56.3 Å². The molecule has 8 nitrogen and oxygen atoms in total. The highest BCUT2D eigenvalue weighted by Crippen LogP contribution is 2.17. The van der Waals surface area contributed by atoms with Crippen LogP contribution in [0.3, 0.4) is 0 Å². The maximum absolute atomic E-state index is 12.5. The number of amides is 1. The summed E-state index contributed by atoms with van der Waals surface area (Å²) in [4.78, 5) is 14.8. The van der Waals surface area contributed by atoms with Gasteiger partial charge in [0.15, 0.2) is 5.69 Å². The molecule has 27 heavy (non-hydrogen) atoms. The van der Waals surface area contributed by atoms with Gasteiger partial charge in [0, 0.05) is 24.7 Å². The Morgan fingerprint density at radius 3 is 3.11 bits per heavy atom. The summed E-state index contributed by atoms with van der Waals surface area (Å²) in [6.45, 7) is 3.53. The number of fused-ring (bicyclic) bond motifs is 1. The number of aryl methyl sites for hydroxylation is 1. The van der Waals surface area contributed by atoms with Crippen LogP contribution in [0.4, 0.5) is 5.69 Å². The van der Waals surface area contributed by atoms with E-state index in [0.29, 0.717) is 11.4 Å². The normalized spacial score (nSPS) is 18.0. The number of hydrogen-bond donors (Lipinski definition) is 3. The number of aliphatic hydroxyl groups excluding tert-OH is 1. The number of H-pyrrole nitrogens is 1. The summed E-state index contributed by atoms with van der Waals surface area (Å²) in [6.07, 6.45) is 6.20. The van der Waals surface area contributed by atoms with Crippen LogP contribution in [-0.2, 0) is 6.54 Å². The van der Waals surface area contributed by atoms with E-state index >= 15 is 0 Å². The van der Waals surface area contributed by atoms with Gasteiger partial charge in [-0.15, -0.1) is 0 Å². The molecular weight excluding hydrogens is 344 g/mol. The molecule has 1 aliphatic rings. The summed E-state index contributed by atoms with van der Waals surface area (Å²) in [7, 11) is 0. The number of nitrogens with one attached hydrogen (secondary N) is 2. The Labute approximate surface area is 157 Å². The van der Waals surface area contributed by atoms with Crippen molar-refractivity contribution in [2.24, 2.45) is 0 Å². The number of hydrogen-bond acceptors (Lipinski definition) is 5. The molecule has 2 aromatic heterocycles. The van der Waals surface area contributed by atoms with Crippen LogP contribution in [0, 0.1) is 0 Å². The first kappa shape index (κ1) is 17.7. The Bertz CT molecular complexity index is 918. The van der Waals surface area contributed by atoms with Crippen LogP contribution in [0.5, 0.6) is 0 Å². The Morgan fingerprint density at radius 2 is 2.22 bits per heavy atom. The average Bonchev–Trinajstić information content (AvgIpc) is 3.28. The highest BCUT2D eigenvalue weighted by Gasteiger charge is 2.17. The summed E-state index contributed by atoms with van der Waals surface area (Å²) >= 11 is 0. The van der Waals surface area contributed by atoms with Crippen LogP contribution in [0.1, 0.15) is 29.8 Å². The van der Waals surface area contributed by atoms with Gasteiger partial charge in [-0.25, -0.2) is 0 Å². The van der Waals surface area contributed by atoms with Crippen LogP contribution in [0.2, 0.25) is 0 Å². The van der Waals surface area contributed by atoms with E-state index < -0.39 is 0 Å². The number of carbonyl (C=O) groups excluding carboxylic acids is 1. The molecular formula is C19H24N6O2. The van der Waals surface area contributed by atoms with Gasteiger partial charge in [0.25, 0.3) is 5.91 Å². The van der Waals surface area contributed by atoms with Gasteiger partial charge >= 0.3 is 0 Å². The van der Waals surface area contributed by atoms with E-state index in [1.165, 1.54) is 0 Å². The lowest BCUT2D eigenvalue weighted by molar-refractivity contribution is 0.0694. The van der Waals surface area contributed by atoms with Gasteiger partial charge in [-0.3, -0.25) is 14.6 Å². The highest BCUT2D eigenvalue weighted by molar-refractivity contribution is 6.10. The number of para-hydroxylation sites is 1. The molecule has 0 spiro atoms. The molecule has 1 aliphatic heterocycles. The second-order valence-corrected chi connectivity index (χ2v) is 7.01. The molecule has 4 rings (SSSR count). The fourth-order valence-electron chi connectivity index (χ4n) is 3.57. The largest absolute Gasteiger partial charge is 0.392 e. The number of aromatic amines is 1. The molecule has 3 aromatic rings. The number of aliphatic hydroxyl groups is 1. The lowest BCUT2D eigenvalue weighted by Crippen LogP contribution is -2.38. The van der Waals surface area contributed by atoms with Gasteiger partial charge < -0.3 is 15.3 Å². The first-order valence-corrected chi connectivity index (χ1v) is 9.36. The van der Waals surface area contributed by atoms with Crippen molar-refractivity contribution in [2.45, 2.75) is 31.9 Å². The predicted octanol–water partition coefficient (Wildman–Crippen LogP) is 1.86. The third-order valence-electron chi connectivity index (χ3n) is 4.92. The van der Waals surface area contributed by atoms with Crippen LogP contribution >= 0.6 is 0 Å². The Balaban J connectivity index is 1.31. The smallest absolute Gasteiger partial charge is 0.276 e. The molecule has 0 bridgehead atoms. The lowest BCUT2D eigenvalue weighted by Gasteiger charge is -2.29. The Hall–Kier alpha value is -2.71. The predicted molar refractivity (Wildman–Crippen MR) is 103 cm³/mol. The van der Waals surface area contributed by atoms with Crippen molar-refractivity contribution < 1.29 is 9.90 Å². The summed E-state index contributed by atoms with van der Waals surface area (Å²) in [6, 6.07) is 7.54. The number of aromatic nitrogens is 4. The molecule has 3 heterocycles. The van der Waals surface area contributed by atoms with Gasteiger partial charge in [0.2, 0.25) is 0 Å². The lowest BCUT2D eigenvalue weighted by atomic mass is 10.1. The van der Waals surface area contributed by atoms with Gasteiger partial charge in [-0.1, -0.05) is 18.2 Å². The molecule has 0 radical (unpaired) electrons. The highest BCUT2D eigenvalue weighted by atomic mass is 16.3. The molecule has 0 saturated carbocycles. The Kier molecular flexibility index (Phi) is 5.17. The summed E-state index contributed by atoms with van der Waals surface area (Å²) in [5.74, 6) is -0.255. The van der Waals surface area contributed by atoms with E-state index in [1.54, 1.807) is 6.20 Å². The maximum Gasteiger partial charge on any atom is 0.276 e. The number of rotatable bonds is 6. The van der Waals surface area contributed by atoms with Crippen LogP contribution in [0.15, 0.2) is 36.7 Å². The van der Waals surface area contributed by atoms with Crippen LogP contribution in [-0.4, -0.2) is 61.6 Å². The minimum atomic E-state index is -0.255. The Morgan fingerprint density at radius 1 is 1.33 bits per heavy atom. The summed E-state index contributed by atoms with van der Waals surface area (Å²) in [5.41, 5.74) is 1.86. The second-order valence-electron chi connectivity index (χ2n) is 7.01. The molecule has 0 aliphatic carbocycles.